The van der Waals surface area contributed by atoms with E-state index in [9.17, 15) is 4.39 Å². The second-order valence-electron chi connectivity index (χ2n) is 4.63. The van der Waals surface area contributed by atoms with Gasteiger partial charge in [-0.1, -0.05) is 12.5 Å². The number of nitrogens with one attached hydrogen (secondary N) is 1. The van der Waals surface area contributed by atoms with Crippen LogP contribution in [0.1, 0.15) is 30.4 Å². The topological polar surface area (TPSA) is 27.1 Å². The highest BCUT2D eigenvalue weighted by Gasteiger charge is 2.23. The molecular weight excluding hydrogens is 247 g/mol. The molecule has 0 fully saturated rings. The summed E-state index contributed by atoms with van der Waals surface area (Å²) in [6.07, 6.45) is 5.68. The van der Waals surface area contributed by atoms with Gasteiger partial charge in [-0.2, -0.15) is 11.8 Å². The fraction of sp³-hybridized carbons (Fsp3) is 0.500. The fourth-order valence-corrected chi connectivity index (χ4v) is 2.77. The molecule has 0 saturated carbocycles. The summed E-state index contributed by atoms with van der Waals surface area (Å²) in [5.41, 5.74) is 1.84. The summed E-state index contributed by atoms with van der Waals surface area (Å²) in [5.74, 6) is 1.44. The molecule has 1 heterocycles. The first kappa shape index (κ1) is 13.4. The average molecular weight is 266 g/mol. The lowest BCUT2D eigenvalue weighted by molar-refractivity contribution is 0.411. The first-order valence-electron chi connectivity index (χ1n) is 6.33. The second-order valence-corrected chi connectivity index (χ2v) is 5.61. The van der Waals surface area contributed by atoms with E-state index in [1.54, 1.807) is 6.07 Å². The van der Waals surface area contributed by atoms with Crippen molar-refractivity contribution in [1.82, 2.24) is 4.90 Å². The first-order chi connectivity index (χ1) is 8.72. The number of thioether (sulfide) groups is 1. The molecular formula is C14H19FN2S. The number of fused-ring (bicyclic) bond motifs is 1. The summed E-state index contributed by atoms with van der Waals surface area (Å²) < 4.78 is 13.1. The van der Waals surface area contributed by atoms with E-state index in [2.05, 4.69) is 6.26 Å². The van der Waals surface area contributed by atoms with Gasteiger partial charge in [0, 0.05) is 18.7 Å². The average Bonchev–Trinajstić information content (AvgIpc) is 2.67. The molecule has 0 saturated heterocycles. The van der Waals surface area contributed by atoms with Crippen molar-refractivity contribution in [2.75, 3.05) is 18.6 Å². The molecule has 0 atom stereocenters. The van der Waals surface area contributed by atoms with E-state index >= 15 is 0 Å². The summed E-state index contributed by atoms with van der Waals surface area (Å²) in [7, 11) is 0. The molecule has 0 amide bonds. The fourth-order valence-electron chi connectivity index (χ4n) is 2.28. The molecule has 1 aliphatic heterocycles. The Bertz CT molecular complexity index is 434. The predicted molar refractivity (Wildman–Crippen MR) is 75.9 cm³/mol. The lowest BCUT2D eigenvalue weighted by Gasteiger charge is -2.17. The van der Waals surface area contributed by atoms with E-state index in [1.807, 2.05) is 16.7 Å². The van der Waals surface area contributed by atoms with Crippen molar-refractivity contribution in [1.29, 1.82) is 5.41 Å². The van der Waals surface area contributed by atoms with Crippen LogP contribution < -0.4 is 0 Å². The van der Waals surface area contributed by atoms with Gasteiger partial charge < -0.3 is 4.90 Å². The molecule has 98 valence electrons. The third-order valence-electron chi connectivity index (χ3n) is 3.28. The molecule has 0 radical (unpaired) electrons. The number of rotatable bonds is 6. The normalized spacial score (nSPS) is 14.1. The monoisotopic (exact) mass is 266 g/mol. The van der Waals surface area contributed by atoms with Crippen molar-refractivity contribution in [3.63, 3.8) is 0 Å². The van der Waals surface area contributed by atoms with Crippen molar-refractivity contribution in [2.45, 2.75) is 25.8 Å². The predicted octanol–water partition coefficient (Wildman–Crippen LogP) is 3.50. The van der Waals surface area contributed by atoms with Crippen molar-refractivity contribution in [3.05, 3.63) is 35.1 Å². The Kier molecular flexibility index (Phi) is 4.64. The summed E-state index contributed by atoms with van der Waals surface area (Å²) in [4.78, 5) is 2.04. The van der Waals surface area contributed by atoms with Crippen LogP contribution in [-0.4, -0.2) is 29.3 Å². The van der Waals surface area contributed by atoms with E-state index in [1.165, 1.54) is 30.7 Å². The van der Waals surface area contributed by atoms with E-state index in [-0.39, 0.29) is 5.82 Å². The van der Waals surface area contributed by atoms with Gasteiger partial charge in [0.2, 0.25) is 0 Å². The molecule has 4 heteroatoms. The van der Waals surface area contributed by atoms with Gasteiger partial charge in [-0.15, -0.1) is 0 Å². The molecule has 0 unspecified atom stereocenters. The van der Waals surface area contributed by atoms with Gasteiger partial charge in [-0.25, -0.2) is 4.39 Å². The molecule has 1 N–H and O–H groups in total. The maximum absolute atomic E-state index is 13.1. The van der Waals surface area contributed by atoms with Gasteiger partial charge in [0.25, 0.3) is 0 Å². The summed E-state index contributed by atoms with van der Waals surface area (Å²) >= 11 is 1.88. The Morgan fingerprint density at radius 3 is 2.94 bits per heavy atom. The van der Waals surface area contributed by atoms with Crippen molar-refractivity contribution < 1.29 is 4.39 Å². The number of amidine groups is 1. The standard InChI is InChI=1S/C14H19FN2S/c1-18-8-4-2-3-7-17-10-11-5-6-12(15)9-13(11)14(17)16/h5-6,9,16H,2-4,7-8,10H2,1H3. The number of unbranched alkanes of at least 4 members (excludes halogenated alkanes) is 2. The number of hydrogen-bond acceptors (Lipinski definition) is 2. The minimum Gasteiger partial charge on any atom is -0.352 e. The van der Waals surface area contributed by atoms with Gasteiger partial charge in [0.05, 0.1) is 0 Å². The van der Waals surface area contributed by atoms with E-state index in [0.717, 1.165) is 30.6 Å². The Labute approximate surface area is 112 Å². The van der Waals surface area contributed by atoms with Crippen LogP contribution in [0.4, 0.5) is 4.39 Å². The molecule has 0 aliphatic carbocycles. The van der Waals surface area contributed by atoms with E-state index in [0.29, 0.717) is 5.84 Å². The minimum absolute atomic E-state index is 0.250. The zero-order chi connectivity index (χ0) is 13.0. The number of hydrogen-bond donors (Lipinski definition) is 1. The van der Waals surface area contributed by atoms with Gasteiger partial charge in [0.15, 0.2) is 0 Å². The van der Waals surface area contributed by atoms with Crippen molar-refractivity contribution >= 4 is 17.6 Å². The summed E-state index contributed by atoms with van der Waals surface area (Å²) in [6, 6.07) is 4.76. The molecule has 2 rings (SSSR count). The minimum atomic E-state index is -0.250. The molecule has 1 aliphatic rings. The van der Waals surface area contributed by atoms with Gasteiger partial charge in [0.1, 0.15) is 11.7 Å². The second kappa shape index (κ2) is 6.23. The van der Waals surface area contributed by atoms with Gasteiger partial charge in [-0.05, 0) is 42.5 Å². The van der Waals surface area contributed by atoms with Crippen molar-refractivity contribution in [2.24, 2.45) is 0 Å². The zero-order valence-electron chi connectivity index (χ0n) is 10.7. The molecule has 0 aromatic heterocycles. The lowest BCUT2D eigenvalue weighted by atomic mass is 10.1. The number of nitrogens with zero attached hydrogens (tertiary/aromatic N) is 1. The van der Waals surface area contributed by atoms with Crippen LogP contribution in [0, 0.1) is 11.2 Å². The summed E-state index contributed by atoms with van der Waals surface area (Å²) in [5, 5.41) is 8.06. The molecule has 0 bridgehead atoms. The maximum Gasteiger partial charge on any atom is 0.128 e. The highest BCUT2D eigenvalue weighted by Crippen LogP contribution is 2.23. The molecule has 1 aromatic rings. The third-order valence-corrected chi connectivity index (χ3v) is 3.98. The Balaban J connectivity index is 1.85. The molecule has 2 nitrogen and oxygen atoms in total. The van der Waals surface area contributed by atoms with Crippen molar-refractivity contribution in [3.8, 4) is 0 Å². The quantitative estimate of drug-likeness (QED) is 0.798. The van der Waals surface area contributed by atoms with E-state index in [4.69, 9.17) is 5.41 Å². The van der Waals surface area contributed by atoms with Gasteiger partial charge >= 0.3 is 0 Å². The number of benzene rings is 1. The molecule has 18 heavy (non-hydrogen) atoms. The smallest absolute Gasteiger partial charge is 0.128 e. The van der Waals surface area contributed by atoms with Crippen LogP contribution in [0.2, 0.25) is 0 Å². The summed E-state index contributed by atoms with van der Waals surface area (Å²) in [6.45, 7) is 1.67. The highest BCUT2D eigenvalue weighted by molar-refractivity contribution is 7.98. The Hall–Kier alpha value is -1.03. The molecule has 1 aromatic carbocycles. The van der Waals surface area contributed by atoms with Crippen LogP contribution in [0.25, 0.3) is 0 Å². The zero-order valence-corrected chi connectivity index (χ0v) is 11.5. The van der Waals surface area contributed by atoms with Crippen LogP contribution in [0.15, 0.2) is 18.2 Å². The Morgan fingerprint density at radius 1 is 1.33 bits per heavy atom. The van der Waals surface area contributed by atoms with Crippen LogP contribution in [-0.2, 0) is 6.54 Å². The highest BCUT2D eigenvalue weighted by atomic mass is 32.2. The SMILES string of the molecule is CSCCCCCN1Cc2ccc(F)cc2C1=N. The lowest BCUT2D eigenvalue weighted by Crippen LogP contribution is -2.25. The largest absolute Gasteiger partial charge is 0.352 e. The van der Waals surface area contributed by atoms with Crippen LogP contribution >= 0.6 is 11.8 Å². The Morgan fingerprint density at radius 2 is 2.17 bits per heavy atom. The number of halogens is 1. The molecule has 0 spiro atoms. The first-order valence-corrected chi connectivity index (χ1v) is 7.73. The third kappa shape index (κ3) is 3.05. The van der Waals surface area contributed by atoms with Crippen LogP contribution in [0.3, 0.4) is 0 Å². The van der Waals surface area contributed by atoms with E-state index < -0.39 is 0 Å². The maximum atomic E-state index is 13.1. The van der Waals surface area contributed by atoms with Gasteiger partial charge in [-0.3, -0.25) is 5.41 Å². The van der Waals surface area contributed by atoms with Crippen LogP contribution in [0.5, 0.6) is 0 Å².